The van der Waals surface area contributed by atoms with Gasteiger partial charge >= 0.3 is 0 Å². The molecule has 0 bridgehead atoms. The first kappa shape index (κ1) is 12.9. The molecule has 7 nitrogen and oxygen atoms in total. The van der Waals surface area contributed by atoms with Crippen molar-refractivity contribution in [2.45, 2.75) is 4.90 Å². The Morgan fingerprint density at radius 3 is 2.53 bits per heavy atom. The summed E-state index contributed by atoms with van der Waals surface area (Å²) in [5.41, 5.74) is 8.77. The van der Waals surface area contributed by atoms with E-state index in [4.69, 9.17) is 5.53 Å². The van der Waals surface area contributed by atoms with Crippen molar-refractivity contribution in [1.29, 1.82) is 0 Å². The summed E-state index contributed by atoms with van der Waals surface area (Å²) in [7, 11) is -4.08. The third-order valence-corrected chi connectivity index (χ3v) is 3.72. The fourth-order valence-electron chi connectivity index (χ4n) is 1.79. The Morgan fingerprint density at radius 1 is 1.16 bits per heavy atom. The molecular weight excluding hydrogens is 268 g/mol. The van der Waals surface area contributed by atoms with Gasteiger partial charge in [0.15, 0.2) is 0 Å². The number of carbonyl (C=O) groups is 1. The molecule has 1 N–H and O–H groups in total. The van der Waals surface area contributed by atoms with E-state index in [1.165, 1.54) is 12.1 Å². The molecule has 0 aliphatic rings. The van der Waals surface area contributed by atoms with Crippen LogP contribution in [0.15, 0.2) is 45.8 Å². The van der Waals surface area contributed by atoms with Gasteiger partial charge in [-0.2, -0.15) is 0 Å². The molecule has 0 fully saturated rings. The lowest BCUT2D eigenvalue weighted by Gasteiger charge is -2.07. The van der Waals surface area contributed by atoms with E-state index in [9.17, 15) is 13.2 Å². The van der Waals surface area contributed by atoms with Crippen molar-refractivity contribution in [3.8, 4) is 0 Å². The maximum atomic E-state index is 11.8. The molecule has 0 spiro atoms. The zero-order chi connectivity index (χ0) is 13.9. The number of amides is 1. The molecule has 0 aliphatic heterocycles. The summed E-state index contributed by atoms with van der Waals surface area (Å²) in [5.74, 6) is 0. The molecule has 0 aromatic heterocycles. The first-order valence-electron chi connectivity index (χ1n) is 5.13. The highest BCUT2D eigenvalue weighted by molar-refractivity contribution is 7.90. The summed E-state index contributed by atoms with van der Waals surface area (Å²) >= 11 is 0. The van der Waals surface area contributed by atoms with Crippen LogP contribution in [-0.4, -0.2) is 14.8 Å². The summed E-state index contributed by atoms with van der Waals surface area (Å²) in [6.45, 7) is 0. The molecule has 19 heavy (non-hydrogen) atoms. The summed E-state index contributed by atoms with van der Waals surface area (Å²) in [5, 5.41) is 3.40. The zero-order valence-corrected chi connectivity index (χ0v) is 10.3. The number of sulfonamides is 1. The van der Waals surface area contributed by atoms with Crippen molar-refractivity contribution in [1.82, 2.24) is 0 Å². The molecule has 0 atom stereocenters. The predicted molar refractivity (Wildman–Crippen MR) is 70.0 cm³/mol. The van der Waals surface area contributed by atoms with Crippen molar-refractivity contribution in [2.75, 3.05) is 5.32 Å². The Labute approximate surface area is 108 Å². The predicted octanol–water partition coefficient (Wildman–Crippen LogP) is 2.41. The van der Waals surface area contributed by atoms with E-state index in [2.05, 4.69) is 14.7 Å². The summed E-state index contributed by atoms with van der Waals surface area (Å²) in [6.07, 6.45) is 0.503. The molecule has 2 aromatic carbocycles. The smallest absolute Gasteiger partial charge is 0.264 e. The van der Waals surface area contributed by atoms with Gasteiger partial charge < -0.3 is 5.32 Å². The van der Waals surface area contributed by atoms with Gasteiger partial charge in [-0.25, -0.2) is 8.42 Å². The Bertz CT molecular complexity index is 795. The normalized spacial score (nSPS) is 10.7. The summed E-state index contributed by atoms with van der Waals surface area (Å²) in [4.78, 5) is 12.7. The minimum absolute atomic E-state index is 0.0997. The minimum atomic E-state index is -4.08. The minimum Gasteiger partial charge on any atom is -0.328 e. The van der Waals surface area contributed by atoms with E-state index in [0.717, 1.165) is 0 Å². The highest BCUT2D eigenvalue weighted by atomic mass is 32.2. The molecule has 0 radical (unpaired) electrons. The van der Waals surface area contributed by atoms with Gasteiger partial charge in [-0.05, 0) is 17.7 Å². The zero-order valence-electron chi connectivity index (χ0n) is 9.52. The number of anilines is 1. The van der Waals surface area contributed by atoms with Gasteiger partial charge in [-0.1, -0.05) is 24.3 Å². The second-order valence-corrected chi connectivity index (χ2v) is 5.12. The summed E-state index contributed by atoms with van der Waals surface area (Å²) in [6, 6.07) is 9.33. The third-order valence-electron chi connectivity index (χ3n) is 2.52. The van der Waals surface area contributed by atoms with Gasteiger partial charge in [-0.3, -0.25) is 4.79 Å². The number of nitrogens with zero attached hydrogens (tertiary/aromatic N) is 3. The molecule has 0 saturated heterocycles. The number of carbonyl (C=O) groups excluding carboxylic acids is 1. The van der Waals surface area contributed by atoms with Gasteiger partial charge in [-0.15, -0.1) is 0 Å². The highest BCUT2D eigenvalue weighted by Crippen LogP contribution is 2.29. The molecule has 96 valence electrons. The second-order valence-electron chi connectivity index (χ2n) is 3.57. The van der Waals surface area contributed by atoms with Crippen LogP contribution in [0.5, 0.6) is 0 Å². The fraction of sp³-hybridized carbons (Fsp3) is 0. The van der Waals surface area contributed by atoms with Gasteiger partial charge in [0.2, 0.25) is 6.41 Å². The highest BCUT2D eigenvalue weighted by Gasteiger charge is 2.16. The number of hydrogen-bond donors (Lipinski definition) is 1. The monoisotopic (exact) mass is 276 g/mol. The van der Waals surface area contributed by atoms with Crippen LogP contribution in [0.4, 0.5) is 5.69 Å². The van der Waals surface area contributed by atoms with E-state index < -0.39 is 10.0 Å². The standard InChI is InChI=1S/C11H8N4O3S/c12-14-15-19(17,18)11-6-2-3-8-9(11)4-1-5-10(8)13-7-16/h1-7H,(H,13,16). The van der Waals surface area contributed by atoms with E-state index in [-0.39, 0.29) is 4.90 Å². The largest absolute Gasteiger partial charge is 0.328 e. The van der Waals surface area contributed by atoms with E-state index in [1.807, 2.05) is 0 Å². The third kappa shape index (κ3) is 2.35. The van der Waals surface area contributed by atoms with Crippen molar-refractivity contribution in [3.05, 3.63) is 46.8 Å². The first-order valence-corrected chi connectivity index (χ1v) is 6.57. The maximum absolute atomic E-state index is 11.8. The average molecular weight is 276 g/mol. The average Bonchev–Trinajstić information content (AvgIpc) is 2.39. The van der Waals surface area contributed by atoms with Crippen LogP contribution in [0.3, 0.4) is 0 Å². The lowest BCUT2D eigenvalue weighted by Crippen LogP contribution is -1.99. The van der Waals surface area contributed by atoms with E-state index in [0.29, 0.717) is 22.9 Å². The van der Waals surface area contributed by atoms with E-state index in [1.54, 1.807) is 24.3 Å². The molecule has 0 heterocycles. The van der Waals surface area contributed by atoms with Gasteiger partial charge in [0, 0.05) is 25.9 Å². The fourth-order valence-corrected chi connectivity index (χ4v) is 2.68. The molecule has 2 rings (SSSR count). The van der Waals surface area contributed by atoms with Crippen LogP contribution in [0.1, 0.15) is 0 Å². The van der Waals surface area contributed by atoms with Gasteiger partial charge in [0.1, 0.15) is 0 Å². The van der Waals surface area contributed by atoms with Crippen LogP contribution in [-0.2, 0) is 14.8 Å². The lowest BCUT2D eigenvalue weighted by atomic mass is 10.1. The number of azide groups is 1. The number of rotatable bonds is 4. The molecule has 0 aliphatic carbocycles. The summed E-state index contributed by atoms with van der Waals surface area (Å²) < 4.78 is 26.4. The topological polar surface area (TPSA) is 112 Å². The Morgan fingerprint density at radius 2 is 1.84 bits per heavy atom. The quantitative estimate of drug-likeness (QED) is 0.400. The maximum Gasteiger partial charge on any atom is 0.264 e. The number of fused-ring (bicyclic) bond motifs is 1. The van der Waals surface area contributed by atoms with Gasteiger partial charge in [0.05, 0.1) is 4.90 Å². The van der Waals surface area contributed by atoms with Gasteiger partial charge in [0.25, 0.3) is 10.0 Å². The molecule has 1 amide bonds. The van der Waals surface area contributed by atoms with Crippen LogP contribution < -0.4 is 5.32 Å². The van der Waals surface area contributed by atoms with Crippen LogP contribution >= 0.6 is 0 Å². The molecule has 0 saturated carbocycles. The van der Waals surface area contributed by atoms with E-state index >= 15 is 0 Å². The van der Waals surface area contributed by atoms with Crippen LogP contribution in [0.25, 0.3) is 21.2 Å². The Hall–Kier alpha value is -2.57. The molecule has 0 unspecified atom stereocenters. The van der Waals surface area contributed by atoms with Crippen molar-refractivity contribution in [3.63, 3.8) is 0 Å². The van der Waals surface area contributed by atoms with Crippen LogP contribution in [0, 0.1) is 0 Å². The first-order chi connectivity index (χ1) is 9.10. The molecule has 8 heteroatoms. The van der Waals surface area contributed by atoms with Crippen molar-refractivity contribution in [2.24, 2.45) is 4.52 Å². The molecular formula is C11H8N4O3S. The Kier molecular flexibility index (Phi) is 3.37. The number of nitrogens with one attached hydrogen (secondary N) is 1. The lowest BCUT2D eigenvalue weighted by molar-refractivity contribution is -0.105. The van der Waals surface area contributed by atoms with Crippen LogP contribution in [0.2, 0.25) is 0 Å². The number of benzene rings is 2. The number of hydrogen-bond acceptors (Lipinski definition) is 3. The Balaban J connectivity index is 2.82. The second kappa shape index (κ2) is 4.97. The van der Waals surface area contributed by atoms with Crippen molar-refractivity contribution >= 4 is 32.9 Å². The molecule has 2 aromatic rings. The van der Waals surface area contributed by atoms with Crippen molar-refractivity contribution < 1.29 is 13.2 Å². The SMILES string of the molecule is [N-]=[N+]=NS(=O)(=O)c1cccc2c(NC=O)cccc12.